The average molecular weight is 367 g/mol. The quantitative estimate of drug-likeness (QED) is 0.587. The molecule has 8 nitrogen and oxygen atoms in total. The fourth-order valence-electron chi connectivity index (χ4n) is 4.09. The number of fused-ring (bicyclic) bond motifs is 2. The maximum atomic E-state index is 11.6. The number of benzene rings is 2. The molecule has 2 aromatic carbocycles. The molecule has 4 rings (SSSR count). The largest absolute Gasteiger partial charge is 0.456 e. The molecular weight excluding hydrogens is 350 g/mol. The number of nitrogens with zero attached hydrogens (tertiary/aromatic N) is 3. The second-order valence-corrected chi connectivity index (χ2v) is 7.23. The van der Waals surface area contributed by atoms with Crippen molar-refractivity contribution in [3.8, 4) is 5.75 Å². The van der Waals surface area contributed by atoms with Crippen LogP contribution in [0.5, 0.6) is 5.75 Å². The fourth-order valence-corrected chi connectivity index (χ4v) is 4.09. The molecule has 1 spiro atoms. The van der Waals surface area contributed by atoms with Gasteiger partial charge in [-0.15, -0.1) is 0 Å². The monoisotopic (exact) mass is 367 g/mol. The second-order valence-electron chi connectivity index (χ2n) is 7.23. The summed E-state index contributed by atoms with van der Waals surface area (Å²) >= 11 is 0. The van der Waals surface area contributed by atoms with Crippen LogP contribution in [0.15, 0.2) is 42.5 Å². The van der Waals surface area contributed by atoms with E-state index in [2.05, 4.69) is 0 Å². The summed E-state index contributed by atoms with van der Waals surface area (Å²) in [5, 5.41) is 22.7. The number of anilines is 1. The van der Waals surface area contributed by atoms with Crippen LogP contribution in [0, 0.1) is 20.2 Å². The van der Waals surface area contributed by atoms with Gasteiger partial charge in [0.15, 0.2) is 0 Å². The van der Waals surface area contributed by atoms with Gasteiger partial charge in [-0.05, 0) is 37.6 Å². The molecule has 0 unspecified atom stereocenters. The molecule has 8 heteroatoms. The molecule has 2 heterocycles. The Balaban J connectivity index is 1.93. The zero-order valence-corrected chi connectivity index (χ0v) is 15.0. The first-order chi connectivity index (χ1) is 12.7. The maximum Gasteiger partial charge on any atom is 0.318 e. The highest BCUT2D eigenvalue weighted by atomic mass is 16.6. The number of nitro benzene ring substituents is 2. The van der Waals surface area contributed by atoms with Crippen molar-refractivity contribution in [3.05, 3.63) is 73.8 Å². The predicted octanol–water partition coefficient (Wildman–Crippen LogP) is 4.03. The number of likely N-dealkylation sites (N-methyl/N-ethyl adjacent to an activating group) is 1. The molecule has 138 valence electrons. The topological polar surface area (TPSA) is 98.8 Å². The fraction of sp³-hybridized carbons (Fsp3) is 0.263. The summed E-state index contributed by atoms with van der Waals surface area (Å²) in [7, 11) is 1.88. The molecule has 0 N–H and O–H groups in total. The minimum Gasteiger partial charge on any atom is -0.456 e. The molecule has 0 saturated heterocycles. The highest BCUT2D eigenvalue weighted by Gasteiger charge is 2.58. The molecule has 1 atom stereocenters. The SMILES string of the molecule is CN1c2ccccc2C(C)(C)[C@]12C=Cc1cc([N+](=O)[O-])cc([N+](=O)[O-])c1O2. The second kappa shape index (κ2) is 5.29. The molecule has 0 saturated carbocycles. The van der Waals surface area contributed by atoms with Crippen LogP contribution < -0.4 is 9.64 Å². The molecule has 2 aliphatic rings. The Hall–Kier alpha value is -3.42. The highest BCUT2D eigenvalue weighted by molar-refractivity contribution is 5.76. The Morgan fingerprint density at radius 1 is 1.07 bits per heavy atom. The van der Waals surface area contributed by atoms with Crippen molar-refractivity contribution in [1.29, 1.82) is 0 Å². The van der Waals surface area contributed by atoms with Crippen LogP contribution in [0.4, 0.5) is 17.1 Å². The van der Waals surface area contributed by atoms with Crippen LogP contribution >= 0.6 is 0 Å². The summed E-state index contributed by atoms with van der Waals surface area (Å²) in [6.07, 6.45) is 3.49. The highest BCUT2D eigenvalue weighted by Crippen LogP contribution is 2.55. The molecule has 0 bridgehead atoms. The summed E-state index contributed by atoms with van der Waals surface area (Å²) in [6, 6.07) is 10.1. The van der Waals surface area contributed by atoms with Gasteiger partial charge in [-0.2, -0.15) is 0 Å². The van der Waals surface area contributed by atoms with Crippen molar-refractivity contribution < 1.29 is 14.6 Å². The maximum absolute atomic E-state index is 11.6. The Labute approximate surface area is 155 Å². The third-order valence-corrected chi connectivity index (χ3v) is 5.57. The van der Waals surface area contributed by atoms with E-state index in [4.69, 9.17) is 4.74 Å². The van der Waals surface area contributed by atoms with Gasteiger partial charge in [0.05, 0.1) is 21.3 Å². The molecule has 0 fully saturated rings. The molecule has 0 aromatic heterocycles. The van der Waals surface area contributed by atoms with Crippen LogP contribution in [-0.2, 0) is 5.41 Å². The van der Waals surface area contributed by atoms with Crippen LogP contribution in [-0.4, -0.2) is 22.6 Å². The van der Waals surface area contributed by atoms with Crippen molar-refractivity contribution >= 4 is 23.1 Å². The van der Waals surface area contributed by atoms with E-state index >= 15 is 0 Å². The number of rotatable bonds is 2. The van der Waals surface area contributed by atoms with Gasteiger partial charge in [0, 0.05) is 24.4 Å². The van der Waals surface area contributed by atoms with Gasteiger partial charge in [-0.3, -0.25) is 20.2 Å². The molecule has 2 aromatic rings. The summed E-state index contributed by atoms with van der Waals surface area (Å²) in [6.45, 7) is 4.03. The number of non-ortho nitro benzene ring substituents is 1. The van der Waals surface area contributed by atoms with Crippen molar-refractivity contribution in [3.63, 3.8) is 0 Å². The van der Waals surface area contributed by atoms with E-state index in [9.17, 15) is 20.2 Å². The number of hydrogen-bond donors (Lipinski definition) is 0. The Kier molecular flexibility index (Phi) is 3.33. The lowest BCUT2D eigenvalue weighted by molar-refractivity contribution is -0.395. The lowest BCUT2D eigenvalue weighted by Crippen LogP contribution is -2.58. The van der Waals surface area contributed by atoms with E-state index in [1.807, 2.05) is 56.1 Å². The lowest BCUT2D eigenvalue weighted by atomic mass is 9.76. The van der Waals surface area contributed by atoms with Gasteiger partial charge in [-0.1, -0.05) is 18.2 Å². The van der Waals surface area contributed by atoms with E-state index in [1.165, 1.54) is 6.07 Å². The summed E-state index contributed by atoms with van der Waals surface area (Å²) in [5.74, 6) is 0.0424. The van der Waals surface area contributed by atoms with Crippen molar-refractivity contribution in [2.24, 2.45) is 0 Å². The summed E-state index contributed by atoms with van der Waals surface area (Å²) in [5.41, 5.74) is 0.106. The number of para-hydroxylation sites is 1. The van der Waals surface area contributed by atoms with Gasteiger partial charge in [0.2, 0.25) is 11.5 Å². The minimum atomic E-state index is -0.982. The standard InChI is InChI=1S/C19H17N3O5/c1-18(2)14-6-4-5-7-15(14)20(3)19(18)9-8-12-10-13(21(23)24)11-16(22(25)26)17(12)27-19/h4-11H,1-3H3/t19-/m1/s1. The minimum absolute atomic E-state index is 0.0424. The zero-order chi connectivity index (χ0) is 19.6. The zero-order valence-electron chi connectivity index (χ0n) is 15.0. The van der Waals surface area contributed by atoms with Gasteiger partial charge in [0.1, 0.15) is 0 Å². The first-order valence-electron chi connectivity index (χ1n) is 8.37. The molecule has 2 aliphatic heterocycles. The van der Waals surface area contributed by atoms with E-state index in [1.54, 1.807) is 6.08 Å². The Morgan fingerprint density at radius 2 is 1.78 bits per heavy atom. The summed E-state index contributed by atoms with van der Waals surface area (Å²) in [4.78, 5) is 23.4. The normalized spacial score (nSPS) is 21.5. The van der Waals surface area contributed by atoms with Crippen LogP contribution in [0.2, 0.25) is 0 Å². The smallest absolute Gasteiger partial charge is 0.318 e. The Bertz CT molecular complexity index is 1030. The van der Waals surface area contributed by atoms with E-state index in [-0.39, 0.29) is 11.4 Å². The van der Waals surface area contributed by atoms with E-state index in [0.29, 0.717) is 5.56 Å². The van der Waals surface area contributed by atoms with Gasteiger partial charge in [-0.25, -0.2) is 0 Å². The molecule has 0 radical (unpaired) electrons. The number of nitro groups is 2. The van der Waals surface area contributed by atoms with Gasteiger partial charge in [0.25, 0.3) is 5.69 Å². The van der Waals surface area contributed by atoms with Crippen molar-refractivity contribution in [2.45, 2.75) is 25.0 Å². The van der Waals surface area contributed by atoms with Crippen LogP contribution in [0.25, 0.3) is 6.08 Å². The third-order valence-electron chi connectivity index (χ3n) is 5.57. The Morgan fingerprint density at radius 3 is 2.41 bits per heavy atom. The van der Waals surface area contributed by atoms with E-state index in [0.717, 1.165) is 17.3 Å². The first-order valence-corrected chi connectivity index (χ1v) is 8.37. The van der Waals surface area contributed by atoms with Gasteiger partial charge < -0.3 is 9.64 Å². The molecule has 0 aliphatic carbocycles. The first kappa shape index (κ1) is 17.0. The predicted molar refractivity (Wildman–Crippen MR) is 100 cm³/mol. The molecule has 0 amide bonds. The number of ether oxygens (including phenoxy) is 1. The summed E-state index contributed by atoms with van der Waals surface area (Å²) < 4.78 is 6.29. The average Bonchev–Trinajstić information content (AvgIpc) is 2.80. The third kappa shape index (κ3) is 2.09. The lowest BCUT2D eigenvalue weighted by Gasteiger charge is -2.45. The van der Waals surface area contributed by atoms with Crippen LogP contribution in [0.1, 0.15) is 25.0 Å². The number of hydrogen-bond acceptors (Lipinski definition) is 6. The molecule has 27 heavy (non-hydrogen) atoms. The molecular formula is C19H17N3O5. The van der Waals surface area contributed by atoms with Gasteiger partial charge >= 0.3 is 5.69 Å². The van der Waals surface area contributed by atoms with Crippen molar-refractivity contribution in [1.82, 2.24) is 0 Å². The van der Waals surface area contributed by atoms with E-state index < -0.39 is 26.7 Å². The van der Waals surface area contributed by atoms with Crippen LogP contribution in [0.3, 0.4) is 0 Å². The van der Waals surface area contributed by atoms with Crippen molar-refractivity contribution in [2.75, 3.05) is 11.9 Å².